The Morgan fingerprint density at radius 1 is 0.615 bits per heavy atom. The Hall–Kier alpha value is -4.34. The Labute approximate surface area is 236 Å². The number of furan rings is 1. The van der Waals surface area contributed by atoms with Gasteiger partial charge in [-0.3, -0.25) is 0 Å². The molecule has 0 radical (unpaired) electrons. The third-order valence-corrected chi connectivity index (χ3v) is 8.11. The van der Waals surface area contributed by atoms with E-state index in [1.807, 2.05) is 6.07 Å². The molecule has 1 heterocycles. The summed E-state index contributed by atoms with van der Waals surface area (Å²) in [5.74, 6) is 0.416. The fourth-order valence-corrected chi connectivity index (χ4v) is 5.95. The van der Waals surface area contributed by atoms with Crippen molar-refractivity contribution in [3.8, 4) is 11.1 Å². The number of fused-ring (bicyclic) bond motifs is 3. The van der Waals surface area contributed by atoms with Crippen molar-refractivity contribution >= 4 is 54.9 Å². The first-order chi connectivity index (χ1) is 19.3. The zero-order valence-electron chi connectivity index (χ0n) is 21.3. The summed E-state index contributed by atoms with van der Waals surface area (Å²) in [6.45, 7) is 0. The molecule has 5 aromatic carbocycles. The Morgan fingerprint density at radius 3 is 2.00 bits per heavy atom. The van der Waals surface area contributed by atoms with Gasteiger partial charge in [0.1, 0.15) is 5.58 Å². The van der Waals surface area contributed by atoms with Gasteiger partial charge in [0, 0.05) is 28.1 Å². The topological polar surface area (TPSA) is 16.4 Å². The predicted octanol–water partition coefficient (Wildman–Crippen LogP) is 11.1. The second-order valence-corrected chi connectivity index (χ2v) is 10.7. The van der Waals surface area contributed by atoms with Crippen LogP contribution in [0.25, 0.3) is 33.1 Å². The van der Waals surface area contributed by atoms with E-state index in [0.717, 1.165) is 49.9 Å². The van der Waals surface area contributed by atoms with Gasteiger partial charge in [0.25, 0.3) is 0 Å². The van der Waals surface area contributed by atoms with Crippen molar-refractivity contribution in [2.24, 2.45) is 0 Å². The Bertz CT molecular complexity index is 1830. The van der Waals surface area contributed by atoms with E-state index in [0.29, 0.717) is 5.92 Å². The third kappa shape index (κ3) is 4.39. The Kier molecular flexibility index (Phi) is 6.14. The predicted molar refractivity (Wildman–Crippen MR) is 167 cm³/mol. The van der Waals surface area contributed by atoms with E-state index < -0.39 is 0 Å². The highest BCUT2D eigenvalue weighted by atomic mass is 79.9. The molecule has 1 unspecified atom stereocenters. The second-order valence-electron chi connectivity index (χ2n) is 9.87. The van der Waals surface area contributed by atoms with Crippen LogP contribution in [0.3, 0.4) is 0 Å². The fraction of sp³-hybridized carbons (Fsp3) is 0.0556. The van der Waals surface area contributed by atoms with E-state index in [4.69, 9.17) is 4.42 Å². The van der Waals surface area contributed by atoms with E-state index in [1.165, 1.54) is 16.7 Å². The number of nitrogens with zero attached hydrogens (tertiary/aromatic N) is 1. The SMILES string of the molecule is Brc1cccc2c1oc1c(N(c3ccc(-c4ccccc4)cc3)c3ccc(C4C=CC=CC4)cc3)cccc12. The minimum absolute atomic E-state index is 0.416. The number of halogens is 1. The van der Waals surface area contributed by atoms with Crippen LogP contribution in [0.2, 0.25) is 0 Å². The van der Waals surface area contributed by atoms with Crippen LogP contribution in [0, 0.1) is 0 Å². The smallest absolute Gasteiger partial charge is 0.159 e. The summed E-state index contributed by atoms with van der Waals surface area (Å²) in [5.41, 5.74) is 8.64. The van der Waals surface area contributed by atoms with E-state index in [2.05, 4.69) is 154 Å². The largest absolute Gasteiger partial charge is 0.453 e. The van der Waals surface area contributed by atoms with Gasteiger partial charge in [0.15, 0.2) is 5.58 Å². The van der Waals surface area contributed by atoms with Gasteiger partial charge in [-0.25, -0.2) is 0 Å². The average Bonchev–Trinajstić information content (AvgIpc) is 3.40. The van der Waals surface area contributed by atoms with Gasteiger partial charge in [-0.2, -0.15) is 0 Å². The van der Waals surface area contributed by atoms with Crippen LogP contribution < -0.4 is 4.90 Å². The summed E-state index contributed by atoms with van der Waals surface area (Å²) in [4.78, 5) is 2.30. The Balaban J connectivity index is 1.38. The highest BCUT2D eigenvalue weighted by Gasteiger charge is 2.20. The highest BCUT2D eigenvalue weighted by molar-refractivity contribution is 9.10. The normalized spacial score (nSPS) is 14.7. The summed E-state index contributed by atoms with van der Waals surface area (Å²) in [6.07, 6.45) is 9.82. The molecule has 0 N–H and O–H groups in total. The van der Waals surface area contributed by atoms with E-state index >= 15 is 0 Å². The molecule has 188 valence electrons. The number of anilines is 3. The number of benzene rings is 5. The van der Waals surface area contributed by atoms with Crippen LogP contribution in [0.1, 0.15) is 17.9 Å². The molecule has 6 aromatic rings. The van der Waals surface area contributed by atoms with E-state index in [9.17, 15) is 0 Å². The minimum atomic E-state index is 0.416. The highest BCUT2D eigenvalue weighted by Crippen LogP contribution is 2.43. The van der Waals surface area contributed by atoms with Crippen LogP contribution >= 0.6 is 15.9 Å². The molecule has 3 heteroatoms. The lowest BCUT2D eigenvalue weighted by molar-refractivity contribution is 0.667. The summed E-state index contributed by atoms with van der Waals surface area (Å²) >= 11 is 3.68. The number of para-hydroxylation sites is 2. The van der Waals surface area contributed by atoms with Crippen LogP contribution in [0.15, 0.2) is 148 Å². The molecule has 0 bridgehead atoms. The van der Waals surface area contributed by atoms with Crippen LogP contribution in [-0.4, -0.2) is 0 Å². The monoisotopic (exact) mass is 567 g/mol. The lowest BCUT2D eigenvalue weighted by atomic mass is 9.92. The van der Waals surface area contributed by atoms with E-state index in [-0.39, 0.29) is 0 Å². The van der Waals surface area contributed by atoms with Crippen molar-refractivity contribution in [1.82, 2.24) is 0 Å². The molecule has 7 rings (SSSR count). The standard InChI is InChI=1S/C36H26BrNO/c37-33-15-7-13-31-32-14-8-16-34(36(32)39-35(31)33)38(29-21-17-27(18-22-29)25-9-3-1-4-10-25)30-23-19-28(20-24-30)26-11-5-2-6-12-26/h1-11,13-24,26H,12H2. The molecule has 1 aromatic heterocycles. The molecule has 1 atom stereocenters. The molecular weight excluding hydrogens is 542 g/mol. The molecule has 0 saturated heterocycles. The summed E-state index contributed by atoms with van der Waals surface area (Å²) in [7, 11) is 0. The molecule has 0 amide bonds. The molecule has 0 spiro atoms. The lowest BCUT2D eigenvalue weighted by Gasteiger charge is -2.26. The first-order valence-electron chi connectivity index (χ1n) is 13.2. The van der Waals surface area contributed by atoms with Crippen molar-refractivity contribution < 1.29 is 4.42 Å². The molecule has 2 nitrogen and oxygen atoms in total. The first kappa shape index (κ1) is 23.8. The molecule has 0 aliphatic heterocycles. The molecule has 39 heavy (non-hydrogen) atoms. The number of allylic oxidation sites excluding steroid dienone is 4. The minimum Gasteiger partial charge on any atom is -0.453 e. The summed E-state index contributed by atoms with van der Waals surface area (Å²) < 4.78 is 7.50. The first-order valence-corrected chi connectivity index (χ1v) is 14.0. The second kappa shape index (κ2) is 10.1. The van der Waals surface area contributed by atoms with Crippen molar-refractivity contribution in [3.05, 3.63) is 150 Å². The fourth-order valence-electron chi connectivity index (χ4n) is 5.51. The molecule has 1 aliphatic carbocycles. The van der Waals surface area contributed by atoms with Crippen LogP contribution in [0.5, 0.6) is 0 Å². The van der Waals surface area contributed by atoms with Gasteiger partial charge in [-0.15, -0.1) is 0 Å². The van der Waals surface area contributed by atoms with Gasteiger partial charge >= 0.3 is 0 Å². The summed E-state index contributed by atoms with van der Waals surface area (Å²) in [5, 5.41) is 2.21. The van der Waals surface area contributed by atoms with Crippen LogP contribution in [-0.2, 0) is 0 Å². The zero-order valence-corrected chi connectivity index (χ0v) is 22.9. The van der Waals surface area contributed by atoms with Gasteiger partial charge in [0.05, 0.1) is 10.2 Å². The van der Waals surface area contributed by atoms with Gasteiger partial charge in [-0.1, -0.05) is 103 Å². The maximum atomic E-state index is 6.54. The average molecular weight is 569 g/mol. The number of rotatable bonds is 5. The summed E-state index contributed by atoms with van der Waals surface area (Å²) in [6, 6.07) is 40.8. The van der Waals surface area contributed by atoms with Gasteiger partial charge in [-0.05, 0) is 75.4 Å². The molecular formula is C36H26BrNO. The Morgan fingerprint density at radius 2 is 1.28 bits per heavy atom. The third-order valence-electron chi connectivity index (χ3n) is 7.49. The van der Waals surface area contributed by atoms with Gasteiger partial charge in [0.2, 0.25) is 0 Å². The van der Waals surface area contributed by atoms with E-state index in [1.54, 1.807) is 0 Å². The zero-order chi connectivity index (χ0) is 26.2. The quantitative estimate of drug-likeness (QED) is 0.206. The van der Waals surface area contributed by atoms with Gasteiger partial charge < -0.3 is 9.32 Å². The lowest BCUT2D eigenvalue weighted by Crippen LogP contribution is -2.10. The van der Waals surface area contributed by atoms with Crippen molar-refractivity contribution in [1.29, 1.82) is 0 Å². The van der Waals surface area contributed by atoms with Crippen molar-refractivity contribution in [2.75, 3.05) is 4.90 Å². The number of hydrogen-bond donors (Lipinski definition) is 0. The molecule has 1 aliphatic rings. The number of hydrogen-bond acceptors (Lipinski definition) is 2. The maximum absolute atomic E-state index is 6.54. The van der Waals surface area contributed by atoms with Crippen molar-refractivity contribution in [3.63, 3.8) is 0 Å². The maximum Gasteiger partial charge on any atom is 0.159 e. The molecule has 0 fully saturated rings. The van der Waals surface area contributed by atoms with Crippen molar-refractivity contribution in [2.45, 2.75) is 12.3 Å². The van der Waals surface area contributed by atoms with Crippen LogP contribution in [0.4, 0.5) is 17.1 Å². The molecule has 0 saturated carbocycles.